The topological polar surface area (TPSA) is 94.2 Å². The third kappa shape index (κ3) is 4.73. The van der Waals surface area contributed by atoms with Crippen LogP contribution >= 0.6 is 0 Å². The molecular weight excluding hydrogens is 396 g/mol. The largest absolute Gasteiger partial charge is 0.497 e. The van der Waals surface area contributed by atoms with Crippen LogP contribution in [0, 0.1) is 0 Å². The predicted octanol–water partition coefficient (Wildman–Crippen LogP) is 2.65. The molecule has 9 heteroatoms. The number of nitrogens with zero attached hydrogens (tertiary/aromatic N) is 1. The Morgan fingerprint density at radius 3 is 2.38 bits per heavy atom. The van der Waals surface area contributed by atoms with Crippen LogP contribution in [0.2, 0.25) is 0 Å². The van der Waals surface area contributed by atoms with E-state index in [1.165, 1.54) is 7.11 Å². The minimum atomic E-state index is -3.71. The van der Waals surface area contributed by atoms with Crippen molar-refractivity contribution in [2.24, 2.45) is 0 Å². The summed E-state index contributed by atoms with van der Waals surface area (Å²) in [6.45, 7) is 2.67. The third-order valence-electron chi connectivity index (χ3n) is 4.47. The number of fused-ring (bicyclic) bond motifs is 1. The van der Waals surface area contributed by atoms with Gasteiger partial charge in [0.15, 0.2) is 11.5 Å². The van der Waals surface area contributed by atoms with E-state index in [9.17, 15) is 13.2 Å². The lowest BCUT2D eigenvalue weighted by molar-refractivity contribution is -0.117. The minimum absolute atomic E-state index is 0.287. The fourth-order valence-electron chi connectivity index (χ4n) is 3.14. The molecule has 29 heavy (non-hydrogen) atoms. The molecule has 3 rings (SSSR count). The summed E-state index contributed by atoms with van der Waals surface area (Å²) in [5, 5.41) is 2.78. The molecule has 0 unspecified atom stereocenters. The van der Waals surface area contributed by atoms with E-state index in [0.29, 0.717) is 41.8 Å². The van der Waals surface area contributed by atoms with Crippen LogP contribution in [0.25, 0.3) is 0 Å². The molecule has 0 aromatic heterocycles. The van der Waals surface area contributed by atoms with Gasteiger partial charge in [0.2, 0.25) is 15.9 Å². The number of carbonyl (C=O) groups excluding carboxylic acids is 1. The van der Waals surface area contributed by atoms with Gasteiger partial charge in [-0.05, 0) is 42.8 Å². The van der Waals surface area contributed by atoms with Crippen molar-refractivity contribution >= 4 is 27.3 Å². The number of ether oxygens (including phenoxy) is 3. The molecule has 1 aliphatic rings. The Balaban J connectivity index is 1.86. The summed E-state index contributed by atoms with van der Waals surface area (Å²) in [6.07, 6.45) is 1.37. The Hall–Kier alpha value is -2.94. The van der Waals surface area contributed by atoms with E-state index >= 15 is 0 Å². The van der Waals surface area contributed by atoms with Crippen molar-refractivity contribution in [3.63, 3.8) is 0 Å². The molecule has 0 saturated carbocycles. The maximum atomic E-state index is 13.0. The van der Waals surface area contributed by atoms with E-state index in [2.05, 4.69) is 5.32 Å². The van der Waals surface area contributed by atoms with Crippen LogP contribution < -0.4 is 23.8 Å². The number of methoxy groups -OCH3 is 1. The molecule has 0 bridgehead atoms. The first kappa shape index (κ1) is 20.8. The number of sulfonamides is 1. The molecule has 0 spiro atoms. The summed E-state index contributed by atoms with van der Waals surface area (Å²) in [5.74, 6) is 1.30. The first-order valence-electron chi connectivity index (χ1n) is 9.17. The van der Waals surface area contributed by atoms with Gasteiger partial charge in [-0.2, -0.15) is 0 Å². The number of benzene rings is 2. The van der Waals surface area contributed by atoms with Crippen LogP contribution in [0.4, 0.5) is 11.4 Å². The highest BCUT2D eigenvalue weighted by Crippen LogP contribution is 2.33. The van der Waals surface area contributed by atoms with Gasteiger partial charge in [-0.15, -0.1) is 0 Å². The Kier molecular flexibility index (Phi) is 6.17. The monoisotopic (exact) mass is 420 g/mol. The summed E-state index contributed by atoms with van der Waals surface area (Å²) >= 11 is 0. The average molecular weight is 420 g/mol. The molecule has 0 aliphatic carbocycles. The molecule has 1 aliphatic heterocycles. The van der Waals surface area contributed by atoms with Crippen molar-refractivity contribution in [2.75, 3.05) is 36.2 Å². The van der Waals surface area contributed by atoms with E-state index in [0.717, 1.165) is 10.6 Å². The Labute approximate surface area is 170 Å². The van der Waals surface area contributed by atoms with Crippen molar-refractivity contribution in [2.45, 2.75) is 19.4 Å². The summed E-state index contributed by atoms with van der Waals surface area (Å²) in [5.41, 5.74) is 0.887. The molecule has 8 nitrogen and oxygen atoms in total. The van der Waals surface area contributed by atoms with E-state index in [4.69, 9.17) is 14.2 Å². The lowest BCUT2D eigenvalue weighted by Crippen LogP contribution is -2.47. The van der Waals surface area contributed by atoms with E-state index in [1.54, 1.807) is 49.4 Å². The zero-order valence-corrected chi connectivity index (χ0v) is 17.4. The van der Waals surface area contributed by atoms with Gasteiger partial charge in [-0.1, -0.05) is 6.92 Å². The zero-order chi connectivity index (χ0) is 21.0. The highest BCUT2D eigenvalue weighted by Gasteiger charge is 2.31. The maximum absolute atomic E-state index is 13.0. The zero-order valence-electron chi connectivity index (χ0n) is 16.5. The molecule has 0 fully saturated rings. The third-order valence-corrected chi connectivity index (χ3v) is 5.65. The van der Waals surface area contributed by atoms with E-state index in [-0.39, 0.29) is 6.42 Å². The molecule has 1 heterocycles. The number of amides is 1. The van der Waals surface area contributed by atoms with Crippen LogP contribution in [-0.4, -0.2) is 46.9 Å². The van der Waals surface area contributed by atoms with Crippen LogP contribution in [0.1, 0.15) is 13.3 Å². The molecule has 1 atom stereocenters. The van der Waals surface area contributed by atoms with Crippen molar-refractivity contribution < 1.29 is 27.4 Å². The fourth-order valence-corrected chi connectivity index (χ4v) is 4.35. The number of carbonyl (C=O) groups is 1. The average Bonchev–Trinajstić information content (AvgIpc) is 2.71. The van der Waals surface area contributed by atoms with Crippen molar-refractivity contribution in [3.8, 4) is 17.2 Å². The van der Waals surface area contributed by atoms with Gasteiger partial charge in [0.25, 0.3) is 0 Å². The van der Waals surface area contributed by atoms with E-state index < -0.39 is 22.0 Å². The molecule has 2 aromatic rings. The normalized spacial score (nSPS) is 14.0. The van der Waals surface area contributed by atoms with Gasteiger partial charge in [0.05, 0.1) is 19.1 Å². The van der Waals surface area contributed by atoms with Crippen molar-refractivity contribution in [1.29, 1.82) is 0 Å². The van der Waals surface area contributed by atoms with Gasteiger partial charge >= 0.3 is 0 Å². The van der Waals surface area contributed by atoms with E-state index in [1.807, 2.05) is 0 Å². The number of hydrogen-bond donors (Lipinski definition) is 1. The molecule has 0 radical (unpaired) electrons. The van der Waals surface area contributed by atoms with Crippen LogP contribution in [-0.2, 0) is 14.8 Å². The first-order chi connectivity index (χ1) is 13.8. The minimum Gasteiger partial charge on any atom is -0.497 e. The summed E-state index contributed by atoms with van der Waals surface area (Å²) in [4.78, 5) is 13.0. The smallest absolute Gasteiger partial charge is 0.248 e. The van der Waals surface area contributed by atoms with Gasteiger partial charge in [0.1, 0.15) is 25.0 Å². The standard InChI is InChI=1S/C20H24N2O6S/c1-4-17(22(29(3,24)25)15-6-8-16(26-2)9-7-15)20(23)21-14-5-10-18-19(13-14)28-12-11-27-18/h5-10,13,17H,4,11-12H2,1-3H3,(H,21,23)/t17-/m0/s1. The van der Waals surface area contributed by atoms with Crippen LogP contribution in [0.5, 0.6) is 17.2 Å². The number of anilines is 2. The van der Waals surface area contributed by atoms with Crippen LogP contribution in [0.15, 0.2) is 42.5 Å². The van der Waals surface area contributed by atoms with Crippen molar-refractivity contribution in [3.05, 3.63) is 42.5 Å². The van der Waals surface area contributed by atoms with Gasteiger partial charge in [0, 0.05) is 11.8 Å². The number of rotatable bonds is 7. The van der Waals surface area contributed by atoms with Gasteiger partial charge < -0.3 is 19.5 Å². The van der Waals surface area contributed by atoms with Crippen LogP contribution in [0.3, 0.4) is 0 Å². The maximum Gasteiger partial charge on any atom is 0.248 e. The Morgan fingerprint density at radius 1 is 1.14 bits per heavy atom. The Bertz CT molecular complexity index is 975. The predicted molar refractivity (Wildman–Crippen MR) is 110 cm³/mol. The second kappa shape index (κ2) is 8.60. The SMILES string of the molecule is CC[C@@H](C(=O)Nc1ccc2c(c1)OCCO2)N(c1ccc(OC)cc1)S(C)(=O)=O. The summed E-state index contributed by atoms with van der Waals surface area (Å²) in [6, 6.07) is 10.7. The fraction of sp³-hybridized carbons (Fsp3) is 0.350. The summed E-state index contributed by atoms with van der Waals surface area (Å²) in [7, 11) is -2.19. The molecule has 0 saturated heterocycles. The lowest BCUT2D eigenvalue weighted by atomic mass is 10.1. The van der Waals surface area contributed by atoms with Gasteiger partial charge in [-0.3, -0.25) is 9.10 Å². The second-order valence-electron chi connectivity index (χ2n) is 6.53. The number of nitrogens with one attached hydrogen (secondary N) is 1. The Morgan fingerprint density at radius 2 is 1.79 bits per heavy atom. The summed E-state index contributed by atoms with van der Waals surface area (Å²) < 4.78 is 42.3. The second-order valence-corrected chi connectivity index (χ2v) is 8.39. The van der Waals surface area contributed by atoms with Crippen molar-refractivity contribution in [1.82, 2.24) is 0 Å². The van der Waals surface area contributed by atoms with Gasteiger partial charge in [-0.25, -0.2) is 8.42 Å². The molecule has 156 valence electrons. The lowest BCUT2D eigenvalue weighted by Gasteiger charge is -2.30. The molecule has 1 amide bonds. The number of hydrogen-bond acceptors (Lipinski definition) is 6. The molecule has 1 N–H and O–H groups in total. The molecular formula is C20H24N2O6S. The highest BCUT2D eigenvalue weighted by atomic mass is 32.2. The highest BCUT2D eigenvalue weighted by molar-refractivity contribution is 7.92. The molecule has 2 aromatic carbocycles. The quantitative estimate of drug-likeness (QED) is 0.740. The first-order valence-corrected chi connectivity index (χ1v) is 11.0.